The zero-order chi connectivity index (χ0) is 7.78. The minimum Gasteiger partial charge on any atom is -0.387 e. The Balaban J connectivity index is 2.69. The lowest BCUT2D eigenvalue weighted by Crippen LogP contribution is -2.24. The van der Waals surface area contributed by atoms with Crippen molar-refractivity contribution in [3.8, 4) is 0 Å². The van der Waals surface area contributed by atoms with Crippen LogP contribution in [0.2, 0.25) is 0 Å². The van der Waals surface area contributed by atoms with E-state index in [1.165, 1.54) is 0 Å². The zero-order valence-electron chi connectivity index (χ0n) is 6.72. The van der Waals surface area contributed by atoms with E-state index in [-0.39, 0.29) is 11.5 Å². The van der Waals surface area contributed by atoms with Gasteiger partial charge in [-0.25, -0.2) is 0 Å². The number of allylic oxidation sites excluding steroid dienone is 1. The van der Waals surface area contributed by atoms with Crippen molar-refractivity contribution in [3.05, 3.63) is 11.0 Å². The minimum absolute atomic E-state index is 0.0678. The molecule has 0 spiro atoms. The van der Waals surface area contributed by atoms with Crippen LogP contribution in [0.4, 0.5) is 0 Å². The van der Waals surface area contributed by atoms with E-state index in [1.54, 1.807) is 11.8 Å². The summed E-state index contributed by atoms with van der Waals surface area (Å²) in [6.07, 6.45) is 4.92. The maximum atomic E-state index is 9.63. The van der Waals surface area contributed by atoms with Crippen LogP contribution in [0, 0.1) is 5.41 Å². The molecular formula is C8H14OS. The lowest BCUT2D eigenvalue weighted by molar-refractivity contribution is 0.103. The van der Waals surface area contributed by atoms with Gasteiger partial charge in [0.05, 0.1) is 6.10 Å². The number of hydrogen-bond donors (Lipinski definition) is 1. The molecular weight excluding hydrogens is 144 g/mol. The molecule has 0 fully saturated rings. The standard InChI is InChI=1S/C8H14OS/c1-8(2)5-4-6(10-3)7(8)9/h4,7,9H,5H2,1-3H3/t7-/m1/s1. The predicted octanol–water partition coefficient (Wildman–Crippen LogP) is 2.02. The van der Waals surface area contributed by atoms with Crippen molar-refractivity contribution >= 4 is 11.8 Å². The highest BCUT2D eigenvalue weighted by molar-refractivity contribution is 8.02. The minimum atomic E-state index is -0.234. The number of aliphatic hydroxyl groups is 1. The molecule has 0 aromatic carbocycles. The summed E-state index contributed by atoms with van der Waals surface area (Å²) in [5.41, 5.74) is 0.0678. The van der Waals surface area contributed by atoms with E-state index < -0.39 is 0 Å². The number of aliphatic hydroxyl groups excluding tert-OH is 1. The molecule has 1 nitrogen and oxygen atoms in total. The lowest BCUT2D eigenvalue weighted by atomic mass is 9.88. The first-order valence-electron chi connectivity index (χ1n) is 3.50. The molecule has 0 saturated heterocycles. The molecule has 0 unspecified atom stereocenters. The maximum Gasteiger partial charge on any atom is 0.0898 e. The second-order valence-electron chi connectivity index (χ2n) is 3.41. The lowest BCUT2D eigenvalue weighted by Gasteiger charge is -2.23. The van der Waals surface area contributed by atoms with E-state index >= 15 is 0 Å². The van der Waals surface area contributed by atoms with Gasteiger partial charge < -0.3 is 5.11 Å². The van der Waals surface area contributed by atoms with E-state index in [4.69, 9.17) is 0 Å². The Labute approximate surface area is 66.5 Å². The van der Waals surface area contributed by atoms with E-state index in [1.807, 2.05) is 6.26 Å². The summed E-state index contributed by atoms with van der Waals surface area (Å²) in [6, 6.07) is 0. The summed E-state index contributed by atoms with van der Waals surface area (Å²) in [5.74, 6) is 0. The second kappa shape index (κ2) is 2.59. The Kier molecular flexibility index (Phi) is 2.11. The van der Waals surface area contributed by atoms with Crippen molar-refractivity contribution in [2.45, 2.75) is 26.4 Å². The Hall–Kier alpha value is 0.0500. The third-order valence-electron chi connectivity index (χ3n) is 2.07. The summed E-state index contributed by atoms with van der Waals surface area (Å²) in [6.45, 7) is 4.19. The van der Waals surface area contributed by atoms with Gasteiger partial charge in [0.15, 0.2) is 0 Å². The summed E-state index contributed by atoms with van der Waals surface area (Å²) < 4.78 is 0. The summed E-state index contributed by atoms with van der Waals surface area (Å²) in [5, 5.41) is 9.63. The Morgan fingerprint density at radius 1 is 1.70 bits per heavy atom. The van der Waals surface area contributed by atoms with Gasteiger partial charge in [-0.3, -0.25) is 0 Å². The van der Waals surface area contributed by atoms with Gasteiger partial charge in [-0.15, -0.1) is 11.8 Å². The molecule has 0 aromatic rings. The van der Waals surface area contributed by atoms with Crippen molar-refractivity contribution in [2.24, 2.45) is 5.41 Å². The van der Waals surface area contributed by atoms with Crippen molar-refractivity contribution in [3.63, 3.8) is 0 Å². The first-order valence-corrected chi connectivity index (χ1v) is 4.72. The fourth-order valence-corrected chi connectivity index (χ4v) is 1.96. The Morgan fingerprint density at radius 3 is 2.50 bits per heavy atom. The molecule has 0 saturated carbocycles. The first-order chi connectivity index (χ1) is 4.58. The molecule has 1 N–H and O–H groups in total. The Morgan fingerprint density at radius 2 is 2.30 bits per heavy atom. The average Bonchev–Trinajstić information content (AvgIpc) is 2.10. The molecule has 0 radical (unpaired) electrons. The van der Waals surface area contributed by atoms with E-state index in [9.17, 15) is 5.11 Å². The van der Waals surface area contributed by atoms with Gasteiger partial charge in [0.25, 0.3) is 0 Å². The monoisotopic (exact) mass is 158 g/mol. The molecule has 1 aliphatic rings. The first kappa shape index (κ1) is 8.15. The van der Waals surface area contributed by atoms with Crippen LogP contribution in [-0.2, 0) is 0 Å². The van der Waals surface area contributed by atoms with Crippen LogP contribution in [0.1, 0.15) is 20.3 Å². The van der Waals surface area contributed by atoms with Crippen molar-refractivity contribution < 1.29 is 5.11 Å². The van der Waals surface area contributed by atoms with Crippen LogP contribution in [0.15, 0.2) is 11.0 Å². The number of hydrogen-bond acceptors (Lipinski definition) is 2. The molecule has 0 bridgehead atoms. The van der Waals surface area contributed by atoms with Crippen LogP contribution in [-0.4, -0.2) is 17.5 Å². The van der Waals surface area contributed by atoms with Crippen LogP contribution >= 0.6 is 11.8 Å². The third kappa shape index (κ3) is 1.23. The fourth-order valence-electron chi connectivity index (χ4n) is 1.17. The highest BCUT2D eigenvalue weighted by Crippen LogP contribution is 2.40. The largest absolute Gasteiger partial charge is 0.387 e. The molecule has 0 aromatic heterocycles. The summed E-state index contributed by atoms with van der Waals surface area (Å²) in [4.78, 5) is 1.13. The van der Waals surface area contributed by atoms with Gasteiger partial charge in [0, 0.05) is 4.91 Å². The fraction of sp³-hybridized carbons (Fsp3) is 0.750. The van der Waals surface area contributed by atoms with E-state index in [2.05, 4.69) is 19.9 Å². The number of rotatable bonds is 1. The second-order valence-corrected chi connectivity index (χ2v) is 4.29. The van der Waals surface area contributed by atoms with Crippen molar-refractivity contribution in [2.75, 3.05) is 6.26 Å². The van der Waals surface area contributed by atoms with Crippen LogP contribution in [0.25, 0.3) is 0 Å². The van der Waals surface area contributed by atoms with Gasteiger partial charge in [-0.1, -0.05) is 19.9 Å². The number of thioether (sulfide) groups is 1. The van der Waals surface area contributed by atoms with Gasteiger partial charge in [0.1, 0.15) is 0 Å². The third-order valence-corrected chi connectivity index (χ3v) is 2.94. The molecule has 10 heavy (non-hydrogen) atoms. The van der Waals surface area contributed by atoms with Gasteiger partial charge >= 0.3 is 0 Å². The van der Waals surface area contributed by atoms with Crippen LogP contribution in [0.3, 0.4) is 0 Å². The molecule has 0 aliphatic heterocycles. The summed E-state index contributed by atoms with van der Waals surface area (Å²) in [7, 11) is 0. The van der Waals surface area contributed by atoms with Gasteiger partial charge in [-0.05, 0) is 18.1 Å². The zero-order valence-corrected chi connectivity index (χ0v) is 7.53. The maximum absolute atomic E-state index is 9.63. The van der Waals surface area contributed by atoms with Crippen LogP contribution in [0.5, 0.6) is 0 Å². The quantitative estimate of drug-likeness (QED) is 0.630. The SMILES string of the molecule is CSC1=CCC(C)(C)[C@@H]1O. The topological polar surface area (TPSA) is 20.2 Å². The molecule has 1 rings (SSSR count). The smallest absolute Gasteiger partial charge is 0.0898 e. The normalized spacial score (nSPS) is 30.4. The molecule has 1 atom stereocenters. The average molecular weight is 158 g/mol. The molecule has 1 aliphatic carbocycles. The highest BCUT2D eigenvalue weighted by Gasteiger charge is 2.34. The van der Waals surface area contributed by atoms with Crippen molar-refractivity contribution in [1.29, 1.82) is 0 Å². The molecule has 2 heteroatoms. The van der Waals surface area contributed by atoms with Gasteiger partial charge in [-0.2, -0.15) is 0 Å². The van der Waals surface area contributed by atoms with Crippen LogP contribution < -0.4 is 0 Å². The van der Waals surface area contributed by atoms with E-state index in [0.717, 1.165) is 11.3 Å². The van der Waals surface area contributed by atoms with Gasteiger partial charge in [0.2, 0.25) is 0 Å². The molecule has 58 valence electrons. The molecule has 0 amide bonds. The molecule has 0 heterocycles. The van der Waals surface area contributed by atoms with Crippen molar-refractivity contribution in [1.82, 2.24) is 0 Å². The Bertz CT molecular complexity index is 161. The van der Waals surface area contributed by atoms with E-state index in [0.29, 0.717) is 0 Å². The predicted molar refractivity (Wildman–Crippen MR) is 46.0 cm³/mol. The highest BCUT2D eigenvalue weighted by atomic mass is 32.2. The summed E-state index contributed by atoms with van der Waals surface area (Å²) >= 11 is 1.65.